The molecule has 88 valence electrons. The van der Waals surface area contributed by atoms with E-state index in [0.717, 1.165) is 6.42 Å². The molecule has 0 bridgehead atoms. The Balaban J connectivity index is 2.72. The number of carbonyl (C=O) groups is 1. The van der Waals surface area contributed by atoms with Crippen molar-refractivity contribution < 1.29 is 4.79 Å². The summed E-state index contributed by atoms with van der Waals surface area (Å²) in [6.07, 6.45) is 0.936. The lowest BCUT2D eigenvalue weighted by molar-refractivity contribution is 0.0924. The van der Waals surface area contributed by atoms with Gasteiger partial charge in [-0.2, -0.15) is 0 Å². The molecule has 1 aromatic rings. The first-order valence-electron chi connectivity index (χ1n) is 5.71. The van der Waals surface area contributed by atoms with Crippen LogP contribution in [0.15, 0.2) is 24.3 Å². The molecular weight excluding hydrogens is 200 g/mol. The van der Waals surface area contributed by atoms with E-state index in [9.17, 15) is 4.79 Å². The van der Waals surface area contributed by atoms with Crippen molar-refractivity contribution in [3.8, 4) is 0 Å². The molecule has 0 heterocycles. The number of hydrogen-bond donors (Lipinski definition) is 2. The van der Waals surface area contributed by atoms with Crippen molar-refractivity contribution in [3.05, 3.63) is 29.8 Å². The molecule has 0 fully saturated rings. The normalized spacial score (nSPS) is 12.5. The van der Waals surface area contributed by atoms with Gasteiger partial charge in [-0.1, -0.05) is 26.8 Å². The minimum atomic E-state index is -0.0483. The van der Waals surface area contributed by atoms with Crippen LogP contribution in [-0.4, -0.2) is 11.9 Å². The predicted molar refractivity (Wildman–Crippen MR) is 67.2 cm³/mol. The topological polar surface area (TPSA) is 55.1 Å². The SMILES string of the molecule is CCC(NC(=O)c1cccc(N)c1)C(C)C. The van der Waals surface area contributed by atoms with Gasteiger partial charge in [-0.3, -0.25) is 4.79 Å². The monoisotopic (exact) mass is 220 g/mol. The molecule has 0 aromatic heterocycles. The summed E-state index contributed by atoms with van der Waals surface area (Å²) in [4.78, 5) is 11.9. The molecule has 1 amide bonds. The summed E-state index contributed by atoms with van der Waals surface area (Å²) < 4.78 is 0. The fourth-order valence-electron chi connectivity index (χ4n) is 1.67. The van der Waals surface area contributed by atoms with E-state index in [1.54, 1.807) is 24.3 Å². The van der Waals surface area contributed by atoms with Gasteiger partial charge in [0.1, 0.15) is 0 Å². The van der Waals surface area contributed by atoms with Gasteiger partial charge >= 0.3 is 0 Å². The Hall–Kier alpha value is -1.51. The van der Waals surface area contributed by atoms with Crippen molar-refractivity contribution in [2.24, 2.45) is 5.92 Å². The molecule has 0 aliphatic carbocycles. The van der Waals surface area contributed by atoms with E-state index in [1.165, 1.54) is 0 Å². The van der Waals surface area contributed by atoms with Crippen LogP contribution >= 0.6 is 0 Å². The van der Waals surface area contributed by atoms with Gasteiger partial charge in [-0.15, -0.1) is 0 Å². The van der Waals surface area contributed by atoms with E-state index in [-0.39, 0.29) is 11.9 Å². The van der Waals surface area contributed by atoms with Crippen LogP contribution in [0, 0.1) is 5.92 Å². The van der Waals surface area contributed by atoms with Gasteiger partial charge < -0.3 is 11.1 Å². The lowest BCUT2D eigenvalue weighted by Crippen LogP contribution is -2.38. The summed E-state index contributed by atoms with van der Waals surface area (Å²) in [5.41, 5.74) is 6.88. The van der Waals surface area contributed by atoms with E-state index in [1.807, 2.05) is 0 Å². The highest BCUT2D eigenvalue weighted by Gasteiger charge is 2.14. The number of anilines is 1. The Labute approximate surface area is 97.0 Å². The van der Waals surface area contributed by atoms with E-state index in [2.05, 4.69) is 26.1 Å². The van der Waals surface area contributed by atoms with Crippen LogP contribution in [0.5, 0.6) is 0 Å². The van der Waals surface area contributed by atoms with Gasteiger partial charge in [0.2, 0.25) is 0 Å². The van der Waals surface area contributed by atoms with Crippen molar-refractivity contribution in [2.45, 2.75) is 33.2 Å². The van der Waals surface area contributed by atoms with Crippen molar-refractivity contribution in [1.82, 2.24) is 5.32 Å². The van der Waals surface area contributed by atoms with Crippen LogP contribution in [0.25, 0.3) is 0 Å². The van der Waals surface area contributed by atoms with Gasteiger partial charge in [0.05, 0.1) is 0 Å². The molecule has 0 radical (unpaired) electrons. The number of nitrogens with two attached hydrogens (primary N) is 1. The zero-order valence-electron chi connectivity index (χ0n) is 10.2. The summed E-state index contributed by atoms with van der Waals surface area (Å²) in [5.74, 6) is 0.392. The highest BCUT2D eigenvalue weighted by molar-refractivity contribution is 5.95. The summed E-state index contributed by atoms with van der Waals surface area (Å²) >= 11 is 0. The third kappa shape index (κ3) is 3.26. The lowest BCUT2D eigenvalue weighted by Gasteiger charge is -2.20. The third-order valence-electron chi connectivity index (χ3n) is 2.71. The fraction of sp³-hybridized carbons (Fsp3) is 0.462. The third-order valence-corrected chi connectivity index (χ3v) is 2.71. The largest absolute Gasteiger partial charge is 0.399 e. The Morgan fingerprint density at radius 2 is 2.12 bits per heavy atom. The second-order valence-electron chi connectivity index (χ2n) is 4.36. The van der Waals surface area contributed by atoms with Crippen molar-refractivity contribution >= 4 is 11.6 Å². The van der Waals surface area contributed by atoms with Gasteiger partial charge in [0.25, 0.3) is 5.91 Å². The van der Waals surface area contributed by atoms with E-state index in [4.69, 9.17) is 5.73 Å². The number of nitrogen functional groups attached to an aromatic ring is 1. The standard InChI is InChI=1S/C13H20N2O/c1-4-12(9(2)3)15-13(16)10-6-5-7-11(14)8-10/h5-9,12H,4,14H2,1-3H3,(H,15,16). The first-order valence-corrected chi connectivity index (χ1v) is 5.71. The maximum absolute atomic E-state index is 11.9. The molecule has 1 atom stereocenters. The molecule has 0 saturated heterocycles. The minimum absolute atomic E-state index is 0.0483. The van der Waals surface area contributed by atoms with Crippen molar-refractivity contribution in [1.29, 1.82) is 0 Å². The fourth-order valence-corrected chi connectivity index (χ4v) is 1.67. The van der Waals surface area contributed by atoms with Crippen LogP contribution in [0.1, 0.15) is 37.6 Å². The van der Waals surface area contributed by atoms with Crippen molar-refractivity contribution in [2.75, 3.05) is 5.73 Å². The molecule has 3 heteroatoms. The van der Waals surface area contributed by atoms with Gasteiger partial charge in [-0.05, 0) is 30.5 Å². The predicted octanol–water partition coefficient (Wildman–Crippen LogP) is 2.43. The molecule has 1 aromatic carbocycles. The number of benzene rings is 1. The minimum Gasteiger partial charge on any atom is -0.399 e. The molecule has 0 aliphatic rings. The van der Waals surface area contributed by atoms with E-state index >= 15 is 0 Å². The Morgan fingerprint density at radius 3 is 2.62 bits per heavy atom. The first kappa shape index (κ1) is 12.6. The van der Waals surface area contributed by atoms with Crippen molar-refractivity contribution in [3.63, 3.8) is 0 Å². The summed E-state index contributed by atoms with van der Waals surface area (Å²) in [7, 11) is 0. The van der Waals surface area contributed by atoms with Crippen LogP contribution in [0.3, 0.4) is 0 Å². The Morgan fingerprint density at radius 1 is 1.44 bits per heavy atom. The highest BCUT2D eigenvalue weighted by Crippen LogP contribution is 2.09. The van der Waals surface area contributed by atoms with E-state index < -0.39 is 0 Å². The highest BCUT2D eigenvalue weighted by atomic mass is 16.1. The number of carbonyl (C=O) groups excluding carboxylic acids is 1. The molecule has 0 spiro atoms. The second kappa shape index (κ2) is 5.54. The average molecular weight is 220 g/mol. The number of rotatable bonds is 4. The maximum Gasteiger partial charge on any atom is 0.251 e. The first-order chi connectivity index (χ1) is 7.54. The molecule has 0 aliphatic heterocycles. The molecule has 1 unspecified atom stereocenters. The molecular formula is C13H20N2O. The lowest BCUT2D eigenvalue weighted by atomic mass is 10.0. The zero-order valence-corrected chi connectivity index (χ0v) is 10.2. The van der Waals surface area contributed by atoms with Gasteiger partial charge in [0.15, 0.2) is 0 Å². The van der Waals surface area contributed by atoms with Crippen LogP contribution in [-0.2, 0) is 0 Å². The summed E-state index contributed by atoms with van der Waals surface area (Å²) in [6.45, 7) is 6.28. The van der Waals surface area contributed by atoms with Crippen LogP contribution in [0.2, 0.25) is 0 Å². The Bertz CT molecular complexity index is 361. The average Bonchev–Trinajstić information content (AvgIpc) is 2.25. The Kier molecular flexibility index (Phi) is 4.35. The summed E-state index contributed by atoms with van der Waals surface area (Å²) in [6, 6.07) is 7.26. The number of amides is 1. The van der Waals surface area contributed by atoms with Gasteiger partial charge in [-0.25, -0.2) is 0 Å². The molecule has 3 nitrogen and oxygen atoms in total. The van der Waals surface area contributed by atoms with Gasteiger partial charge in [0, 0.05) is 17.3 Å². The second-order valence-corrected chi connectivity index (χ2v) is 4.36. The maximum atomic E-state index is 11.9. The number of hydrogen-bond acceptors (Lipinski definition) is 2. The van der Waals surface area contributed by atoms with Crippen LogP contribution < -0.4 is 11.1 Å². The zero-order chi connectivity index (χ0) is 12.1. The van der Waals surface area contributed by atoms with Crippen LogP contribution in [0.4, 0.5) is 5.69 Å². The molecule has 3 N–H and O–H groups in total. The molecule has 16 heavy (non-hydrogen) atoms. The number of nitrogens with one attached hydrogen (secondary N) is 1. The summed E-state index contributed by atoms with van der Waals surface area (Å²) in [5, 5.41) is 3.02. The smallest absolute Gasteiger partial charge is 0.251 e. The quantitative estimate of drug-likeness (QED) is 0.766. The molecule has 1 rings (SSSR count). The molecule has 0 saturated carbocycles. The van der Waals surface area contributed by atoms with E-state index in [0.29, 0.717) is 17.2 Å².